The lowest BCUT2D eigenvalue weighted by Gasteiger charge is -2.16. The molecule has 1 aliphatic rings. The predicted octanol–water partition coefficient (Wildman–Crippen LogP) is 2.06. The Labute approximate surface area is 166 Å². The molecule has 0 aliphatic carbocycles. The normalized spacial score (nSPS) is 13.7. The molecular formula is C21H18N2O6. The number of ether oxygens (including phenoxy) is 1. The molecule has 0 spiro atoms. The van der Waals surface area contributed by atoms with Crippen LogP contribution in [0.2, 0.25) is 0 Å². The molecule has 2 aromatic carbocycles. The Morgan fingerprint density at radius 2 is 1.52 bits per heavy atom. The fraction of sp³-hybridized carbons (Fsp3) is 0.190. The second kappa shape index (κ2) is 8.05. The topological polar surface area (TPSA) is 110 Å². The van der Waals surface area contributed by atoms with Crippen LogP contribution in [0.25, 0.3) is 0 Å². The average Bonchev–Trinajstić information content (AvgIpc) is 2.92. The third-order valence-corrected chi connectivity index (χ3v) is 4.33. The number of imide groups is 1. The second-order valence-electron chi connectivity index (χ2n) is 6.50. The zero-order valence-electron chi connectivity index (χ0n) is 15.8. The highest BCUT2D eigenvalue weighted by molar-refractivity contribution is 6.22. The van der Waals surface area contributed by atoms with Crippen LogP contribution in [0.3, 0.4) is 0 Å². The Bertz CT molecular complexity index is 977. The second-order valence-corrected chi connectivity index (χ2v) is 6.50. The number of carbonyl (C=O) groups excluding carboxylic acids is 5. The molecule has 29 heavy (non-hydrogen) atoms. The highest BCUT2D eigenvalue weighted by Crippen LogP contribution is 2.22. The standard InChI is InChI=1S/C21H18N2O6/c1-12(19(26)14-7-9-15(10-8-14)22-13(2)24)29-18(25)11-23-20(27)16-5-3-4-6-17(16)21(23)28/h3-10,12H,11H2,1-2H3,(H,22,24)/t12-/m0/s1. The molecule has 3 amide bonds. The van der Waals surface area contributed by atoms with Gasteiger partial charge in [0, 0.05) is 18.2 Å². The van der Waals surface area contributed by atoms with Gasteiger partial charge in [-0.1, -0.05) is 12.1 Å². The lowest BCUT2D eigenvalue weighted by atomic mass is 10.1. The molecule has 1 heterocycles. The number of hydrogen-bond acceptors (Lipinski definition) is 6. The Kier molecular flexibility index (Phi) is 5.54. The minimum atomic E-state index is -1.11. The molecule has 0 bridgehead atoms. The van der Waals surface area contributed by atoms with Crippen molar-refractivity contribution in [2.45, 2.75) is 20.0 Å². The molecule has 1 N–H and O–H groups in total. The van der Waals surface area contributed by atoms with Crippen molar-refractivity contribution < 1.29 is 28.7 Å². The van der Waals surface area contributed by atoms with Gasteiger partial charge in [-0.25, -0.2) is 0 Å². The van der Waals surface area contributed by atoms with Crippen molar-refractivity contribution in [1.29, 1.82) is 0 Å². The summed E-state index contributed by atoms with van der Waals surface area (Å²) >= 11 is 0. The fourth-order valence-electron chi connectivity index (χ4n) is 2.96. The largest absolute Gasteiger partial charge is 0.453 e. The van der Waals surface area contributed by atoms with Gasteiger partial charge < -0.3 is 10.1 Å². The molecule has 8 heteroatoms. The maximum Gasteiger partial charge on any atom is 0.326 e. The van der Waals surface area contributed by atoms with Gasteiger partial charge in [-0.3, -0.25) is 28.9 Å². The maximum atomic E-state index is 12.4. The van der Waals surface area contributed by atoms with Crippen molar-refractivity contribution in [2.24, 2.45) is 0 Å². The van der Waals surface area contributed by atoms with Crippen LogP contribution in [-0.4, -0.2) is 47.0 Å². The summed E-state index contributed by atoms with van der Waals surface area (Å²) in [5, 5.41) is 2.58. The minimum Gasteiger partial charge on any atom is -0.453 e. The number of anilines is 1. The van der Waals surface area contributed by atoms with Crippen LogP contribution in [0.1, 0.15) is 44.9 Å². The van der Waals surface area contributed by atoms with Crippen molar-refractivity contribution in [2.75, 3.05) is 11.9 Å². The zero-order chi connectivity index (χ0) is 21.1. The van der Waals surface area contributed by atoms with E-state index < -0.39 is 36.2 Å². The van der Waals surface area contributed by atoms with Crippen molar-refractivity contribution in [3.8, 4) is 0 Å². The Morgan fingerprint density at radius 3 is 2.03 bits per heavy atom. The summed E-state index contributed by atoms with van der Waals surface area (Å²) in [5.74, 6) is -2.70. The highest BCUT2D eigenvalue weighted by atomic mass is 16.5. The predicted molar refractivity (Wildman–Crippen MR) is 102 cm³/mol. The summed E-state index contributed by atoms with van der Waals surface area (Å²) in [5.41, 5.74) is 1.28. The Morgan fingerprint density at radius 1 is 0.966 bits per heavy atom. The van der Waals surface area contributed by atoms with E-state index in [0.717, 1.165) is 4.90 Å². The maximum absolute atomic E-state index is 12.4. The Hall–Kier alpha value is -3.81. The lowest BCUT2D eigenvalue weighted by molar-refractivity contribution is -0.146. The number of hydrogen-bond donors (Lipinski definition) is 1. The summed E-state index contributed by atoms with van der Waals surface area (Å²) in [6.07, 6.45) is -1.11. The van der Waals surface area contributed by atoms with Crippen LogP contribution in [0.5, 0.6) is 0 Å². The van der Waals surface area contributed by atoms with Gasteiger partial charge in [0.1, 0.15) is 6.54 Å². The van der Waals surface area contributed by atoms with Crippen molar-refractivity contribution in [3.63, 3.8) is 0 Å². The quantitative estimate of drug-likeness (QED) is 0.456. The highest BCUT2D eigenvalue weighted by Gasteiger charge is 2.37. The summed E-state index contributed by atoms with van der Waals surface area (Å²) in [6, 6.07) is 12.4. The van der Waals surface area contributed by atoms with Gasteiger partial charge in [-0.2, -0.15) is 0 Å². The summed E-state index contributed by atoms with van der Waals surface area (Å²) in [7, 11) is 0. The molecule has 2 aromatic rings. The number of rotatable bonds is 6. The number of carbonyl (C=O) groups is 5. The van der Waals surface area contributed by atoms with Gasteiger partial charge in [0.15, 0.2) is 6.10 Å². The molecule has 1 atom stereocenters. The van der Waals surface area contributed by atoms with Crippen LogP contribution in [0.4, 0.5) is 5.69 Å². The van der Waals surface area contributed by atoms with Crippen molar-refractivity contribution >= 4 is 35.2 Å². The van der Waals surface area contributed by atoms with Crippen LogP contribution < -0.4 is 5.32 Å². The molecule has 8 nitrogen and oxygen atoms in total. The van der Waals surface area contributed by atoms with E-state index in [1.165, 1.54) is 38.1 Å². The van der Waals surface area contributed by atoms with Crippen molar-refractivity contribution in [3.05, 3.63) is 65.2 Å². The van der Waals surface area contributed by atoms with E-state index in [9.17, 15) is 24.0 Å². The van der Waals surface area contributed by atoms with Gasteiger partial charge in [0.2, 0.25) is 11.7 Å². The average molecular weight is 394 g/mol. The van der Waals surface area contributed by atoms with E-state index in [0.29, 0.717) is 11.3 Å². The summed E-state index contributed by atoms with van der Waals surface area (Å²) in [4.78, 5) is 61.1. The van der Waals surface area contributed by atoms with Crippen LogP contribution in [0, 0.1) is 0 Å². The van der Waals surface area contributed by atoms with E-state index in [-0.39, 0.29) is 17.0 Å². The van der Waals surface area contributed by atoms with Gasteiger partial charge in [0.25, 0.3) is 11.8 Å². The number of fused-ring (bicyclic) bond motifs is 1. The van der Waals surface area contributed by atoms with Gasteiger partial charge in [-0.15, -0.1) is 0 Å². The first kappa shape index (κ1) is 19.9. The minimum absolute atomic E-state index is 0.230. The third-order valence-electron chi connectivity index (χ3n) is 4.33. The van der Waals surface area contributed by atoms with Gasteiger partial charge in [0.05, 0.1) is 11.1 Å². The number of nitrogens with zero attached hydrogens (tertiary/aromatic N) is 1. The molecular weight excluding hydrogens is 376 g/mol. The lowest BCUT2D eigenvalue weighted by Crippen LogP contribution is -2.37. The molecule has 3 rings (SSSR count). The molecule has 0 saturated carbocycles. The van der Waals surface area contributed by atoms with E-state index >= 15 is 0 Å². The van der Waals surface area contributed by atoms with E-state index in [2.05, 4.69) is 5.32 Å². The zero-order valence-corrected chi connectivity index (χ0v) is 15.8. The van der Waals surface area contributed by atoms with Gasteiger partial charge in [-0.05, 0) is 43.3 Å². The fourth-order valence-corrected chi connectivity index (χ4v) is 2.96. The number of ketones is 1. The molecule has 0 unspecified atom stereocenters. The molecule has 148 valence electrons. The van der Waals surface area contributed by atoms with Crippen LogP contribution in [-0.2, 0) is 14.3 Å². The SMILES string of the molecule is CC(=O)Nc1ccc(C(=O)[C@H](C)OC(=O)CN2C(=O)c3ccccc3C2=O)cc1. The number of amides is 3. The Balaban J connectivity index is 1.61. The first-order valence-corrected chi connectivity index (χ1v) is 8.84. The third kappa shape index (κ3) is 4.21. The van der Waals surface area contributed by atoms with E-state index in [4.69, 9.17) is 4.74 Å². The first-order chi connectivity index (χ1) is 13.8. The van der Waals surface area contributed by atoms with E-state index in [1.54, 1.807) is 24.3 Å². The monoisotopic (exact) mass is 394 g/mol. The van der Waals surface area contributed by atoms with E-state index in [1.807, 2.05) is 0 Å². The smallest absolute Gasteiger partial charge is 0.326 e. The van der Waals surface area contributed by atoms with Crippen LogP contribution in [0.15, 0.2) is 48.5 Å². The molecule has 0 aromatic heterocycles. The molecule has 0 saturated heterocycles. The summed E-state index contributed by atoms with van der Waals surface area (Å²) < 4.78 is 5.11. The number of Topliss-reactive ketones (excluding diaryl/α,β-unsaturated/α-hetero) is 1. The molecule has 0 radical (unpaired) electrons. The summed E-state index contributed by atoms with van der Waals surface area (Å²) in [6.45, 7) is 2.20. The number of nitrogens with one attached hydrogen (secondary N) is 1. The first-order valence-electron chi connectivity index (χ1n) is 8.84. The van der Waals surface area contributed by atoms with Gasteiger partial charge >= 0.3 is 5.97 Å². The number of benzene rings is 2. The van der Waals surface area contributed by atoms with Crippen molar-refractivity contribution in [1.82, 2.24) is 4.90 Å². The molecule has 1 aliphatic heterocycles. The molecule has 0 fully saturated rings. The number of esters is 1. The van der Waals surface area contributed by atoms with Crippen LogP contribution >= 0.6 is 0 Å².